The summed E-state index contributed by atoms with van der Waals surface area (Å²) < 4.78 is 0. The first-order valence-corrected chi connectivity index (χ1v) is 15.4. The number of aryl methyl sites for hydroxylation is 1. The molecule has 0 aliphatic heterocycles. The van der Waals surface area contributed by atoms with Crippen molar-refractivity contribution in [3.05, 3.63) is 166 Å². The van der Waals surface area contributed by atoms with Crippen molar-refractivity contribution < 1.29 is 14.4 Å². The maximum Gasteiger partial charge on any atom is 0.272 e. The van der Waals surface area contributed by atoms with Crippen LogP contribution in [0.2, 0.25) is 5.02 Å². The highest BCUT2D eigenvalue weighted by Gasteiger charge is 2.23. The summed E-state index contributed by atoms with van der Waals surface area (Å²) in [6.45, 7) is 1.98. The van der Waals surface area contributed by atoms with Crippen molar-refractivity contribution in [3.63, 3.8) is 0 Å². The quantitative estimate of drug-likeness (QED) is 0.106. The normalized spacial score (nSPS) is 11.7. The van der Waals surface area contributed by atoms with Crippen molar-refractivity contribution in [1.82, 2.24) is 5.32 Å². The van der Waals surface area contributed by atoms with Gasteiger partial charge in [-0.1, -0.05) is 96.0 Å². The Morgan fingerprint density at radius 1 is 0.711 bits per heavy atom. The van der Waals surface area contributed by atoms with Crippen LogP contribution in [0.25, 0.3) is 6.08 Å². The second-order valence-corrected chi connectivity index (χ2v) is 11.8. The van der Waals surface area contributed by atoms with Crippen LogP contribution in [0.4, 0.5) is 11.4 Å². The molecule has 224 valence electrons. The number of nitrogens with one attached hydrogen (secondary N) is 3. The summed E-state index contributed by atoms with van der Waals surface area (Å²) in [5.41, 5.74) is 4.35. The molecule has 5 aromatic rings. The van der Waals surface area contributed by atoms with Crippen LogP contribution in [-0.2, 0) is 9.59 Å². The van der Waals surface area contributed by atoms with Crippen LogP contribution in [0.5, 0.6) is 0 Å². The van der Waals surface area contributed by atoms with E-state index in [2.05, 4.69) is 16.0 Å². The molecule has 0 bridgehead atoms. The number of rotatable bonds is 10. The molecule has 8 heteroatoms. The van der Waals surface area contributed by atoms with Gasteiger partial charge in [-0.2, -0.15) is 0 Å². The number of hydrogen-bond acceptors (Lipinski definition) is 4. The highest BCUT2D eigenvalue weighted by Crippen LogP contribution is 2.37. The molecule has 0 saturated heterocycles. The van der Waals surface area contributed by atoms with Crippen LogP contribution in [-0.4, -0.2) is 17.7 Å². The molecule has 0 heterocycles. The predicted molar refractivity (Wildman–Crippen MR) is 183 cm³/mol. The summed E-state index contributed by atoms with van der Waals surface area (Å²) >= 11 is 7.37. The van der Waals surface area contributed by atoms with Gasteiger partial charge in [0.1, 0.15) is 10.9 Å². The van der Waals surface area contributed by atoms with E-state index >= 15 is 0 Å². The van der Waals surface area contributed by atoms with E-state index < -0.39 is 17.1 Å². The van der Waals surface area contributed by atoms with Gasteiger partial charge < -0.3 is 16.0 Å². The highest BCUT2D eigenvalue weighted by molar-refractivity contribution is 8.00. The summed E-state index contributed by atoms with van der Waals surface area (Å²) in [5.74, 6) is -1.08. The number of halogens is 1. The minimum absolute atomic E-state index is 0.0928. The molecule has 0 spiro atoms. The molecule has 1 atom stereocenters. The van der Waals surface area contributed by atoms with Crippen molar-refractivity contribution >= 4 is 58.5 Å². The SMILES string of the molecule is Cc1ccc(/C=C(\NC(=O)c2ccccc2)C(=O)Nc2cccc(SC(C(=O)Nc3ccc(Cl)cc3)c3ccccc3)c2)cc1. The summed E-state index contributed by atoms with van der Waals surface area (Å²) in [5, 5.41) is 8.66. The molecular formula is C37H30ClN3O3S. The average Bonchev–Trinajstić information content (AvgIpc) is 3.06. The van der Waals surface area contributed by atoms with Crippen molar-refractivity contribution in [2.45, 2.75) is 17.1 Å². The van der Waals surface area contributed by atoms with Gasteiger partial charge in [-0.25, -0.2) is 0 Å². The van der Waals surface area contributed by atoms with Crippen LogP contribution in [0.3, 0.4) is 0 Å². The van der Waals surface area contributed by atoms with Crippen LogP contribution in [0, 0.1) is 6.92 Å². The third kappa shape index (κ3) is 8.95. The molecule has 0 aromatic heterocycles. The number of amides is 3. The molecule has 0 aliphatic rings. The third-order valence-corrected chi connectivity index (χ3v) is 8.22. The fourth-order valence-electron chi connectivity index (χ4n) is 4.40. The van der Waals surface area contributed by atoms with Gasteiger partial charge in [-0.3, -0.25) is 14.4 Å². The maximum absolute atomic E-state index is 13.6. The Labute approximate surface area is 271 Å². The third-order valence-electron chi connectivity index (χ3n) is 6.72. The molecule has 1 unspecified atom stereocenters. The van der Waals surface area contributed by atoms with E-state index in [-0.39, 0.29) is 11.6 Å². The van der Waals surface area contributed by atoms with Crippen LogP contribution < -0.4 is 16.0 Å². The molecule has 6 nitrogen and oxygen atoms in total. The summed E-state index contributed by atoms with van der Waals surface area (Å²) in [4.78, 5) is 40.8. The Hall–Kier alpha value is -5.11. The zero-order valence-corrected chi connectivity index (χ0v) is 25.9. The maximum atomic E-state index is 13.6. The number of anilines is 2. The molecule has 0 fully saturated rings. The van der Waals surface area contributed by atoms with E-state index in [1.165, 1.54) is 11.8 Å². The molecule has 0 aliphatic carbocycles. The van der Waals surface area contributed by atoms with Gasteiger partial charge in [0.25, 0.3) is 11.8 Å². The molecule has 0 radical (unpaired) electrons. The van der Waals surface area contributed by atoms with Crippen molar-refractivity contribution in [3.8, 4) is 0 Å². The molecule has 45 heavy (non-hydrogen) atoms. The number of hydrogen-bond donors (Lipinski definition) is 3. The number of benzene rings is 5. The Kier molecular flexibility index (Phi) is 10.5. The van der Waals surface area contributed by atoms with E-state index in [9.17, 15) is 14.4 Å². The Morgan fingerprint density at radius 3 is 2.07 bits per heavy atom. The van der Waals surface area contributed by atoms with Gasteiger partial charge in [0.2, 0.25) is 5.91 Å². The van der Waals surface area contributed by atoms with E-state index in [4.69, 9.17) is 11.6 Å². The van der Waals surface area contributed by atoms with E-state index in [0.29, 0.717) is 22.0 Å². The fraction of sp³-hybridized carbons (Fsp3) is 0.0541. The second kappa shape index (κ2) is 15.1. The van der Waals surface area contributed by atoms with Crippen molar-refractivity contribution in [1.29, 1.82) is 0 Å². The van der Waals surface area contributed by atoms with Crippen LogP contribution in [0.15, 0.2) is 144 Å². The standard InChI is InChI=1S/C37H30ClN3O3S/c1-25-15-17-26(18-16-25)23-33(41-35(42)28-11-6-3-7-12-28)36(43)40-31-13-8-14-32(24-31)45-34(27-9-4-2-5-10-27)37(44)39-30-21-19-29(38)20-22-30/h2-24,34H,1H3,(H,39,44)(H,40,43)(H,41,42)/b33-23-. The van der Waals surface area contributed by atoms with E-state index in [1.54, 1.807) is 66.7 Å². The molecule has 5 aromatic carbocycles. The van der Waals surface area contributed by atoms with Gasteiger partial charge in [0.05, 0.1) is 0 Å². The van der Waals surface area contributed by atoms with Gasteiger partial charge in [0, 0.05) is 26.9 Å². The zero-order valence-electron chi connectivity index (χ0n) is 24.4. The number of carbonyl (C=O) groups is 3. The first kappa shape index (κ1) is 31.3. The van der Waals surface area contributed by atoms with Gasteiger partial charge in [0.15, 0.2) is 0 Å². The molecule has 5 rings (SSSR count). The fourth-order valence-corrected chi connectivity index (χ4v) is 5.60. The van der Waals surface area contributed by atoms with E-state index in [1.807, 2.05) is 79.7 Å². The largest absolute Gasteiger partial charge is 0.325 e. The minimum atomic E-state index is -0.574. The van der Waals surface area contributed by atoms with Crippen molar-refractivity contribution in [2.24, 2.45) is 0 Å². The van der Waals surface area contributed by atoms with Gasteiger partial charge in [-0.05, 0) is 78.7 Å². The topological polar surface area (TPSA) is 87.3 Å². The molecule has 3 N–H and O–H groups in total. The first-order chi connectivity index (χ1) is 21.8. The monoisotopic (exact) mass is 631 g/mol. The lowest BCUT2D eigenvalue weighted by Gasteiger charge is -2.18. The Bertz CT molecular complexity index is 1810. The molecule has 0 saturated carbocycles. The number of carbonyl (C=O) groups excluding carboxylic acids is 3. The summed E-state index contributed by atoms with van der Waals surface area (Å²) in [6.07, 6.45) is 1.64. The lowest BCUT2D eigenvalue weighted by molar-refractivity contribution is -0.116. The zero-order chi connectivity index (χ0) is 31.6. The second-order valence-electron chi connectivity index (χ2n) is 10.2. The lowest BCUT2D eigenvalue weighted by atomic mass is 10.1. The molecular weight excluding hydrogens is 602 g/mol. The van der Waals surface area contributed by atoms with Crippen LogP contribution in [0.1, 0.15) is 32.3 Å². The smallest absolute Gasteiger partial charge is 0.272 e. The minimum Gasteiger partial charge on any atom is -0.325 e. The molecule has 3 amide bonds. The van der Waals surface area contributed by atoms with E-state index in [0.717, 1.165) is 21.6 Å². The average molecular weight is 632 g/mol. The predicted octanol–water partition coefficient (Wildman–Crippen LogP) is 8.53. The summed E-state index contributed by atoms with van der Waals surface area (Å²) in [7, 11) is 0. The van der Waals surface area contributed by atoms with Crippen molar-refractivity contribution in [2.75, 3.05) is 10.6 Å². The Balaban J connectivity index is 1.37. The lowest BCUT2D eigenvalue weighted by Crippen LogP contribution is -2.30. The van der Waals surface area contributed by atoms with Gasteiger partial charge >= 0.3 is 0 Å². The van der Waals surface area contributed by atoms with Gasteiger partial charge in [-0.15, -0.1) is 11.8 Å². The highest BCUT2D eigenvalue weighted by atomic mass is 35.5. The first-order valence-electron chi connectivity index (χ1n) is 14.2. The summed E-state index contributed by atoms with van der Waals surface area (Å²) in [6, 6.07) is 40.0. The number of thioether (sulfide) groups is 1. The van der Waals surface area contributed by atoms with Crippen LogP contribution >= 0.6 is 23.4 Å². The Morgan fingerprint density at radius 2 is 1.38 bits per heavy atom.